The maximum Gasteiger partial charge on any atom is 0.431 e. The van der Waals surface area contributed by atoms with Gasteiger partial charge in [0.15, 0.2) is 0 Å². The summed E-state index contributed by atoms with van der Waals surface area (Å²) in [7, 11) is 0.900. The van der Waals surface area contributed by atoms with Gasteiger partial charge in [-0.05, 0) is 12.1 Å². The van der Waals surface area contributed by atoms with Gasteiger partial charge in [-0.2, -0.15) is 13.2 Å². The van der Waals surface area contributed by atoms with Crippen LogP contribution in [0.4, 0.5) is 13.2 Å². The highest BCUT2D eigenvalue weighted by Crippen LogP contribution is 2.27. The van der Waals surface area contributed by atoms with Crippen LogP contribution in [0.3, 0.4) is 0 Å². The molecule has 0 amide bonds. The Morgan fingerprint density at radius 1 is 1.19 bits per heavy atom. The summed E-state index contributed by atoms with van der Waals surface area (Å²) in [5, 5.41) is 9.44. The molecule has 0 spiro atoms. The first-order valence-electron chi connectivity index (χ1n) is 5.52. The molecule has 0 radical (unpaired) electrons. The van der Waals surface area contributed by atoms with Crippen molar-refractivity contribution in [3.63, 3.8) is 0 Å². The lowest BCUT2D eigenvalue weighted by atomic mass is 10.3. The number of hydrogen-bond donors (Lipinski definition) is 1. The highest BCUT2D eigenvalue weighted by Gasteiger charge is 2.35. The van der Waals surface area contributed by atoms with Crippen LogP contribution >= 0.6 is 11.6 Å². The van der Waals surface area contributed by atoms with Crippen LogP contribution in [0.2, 0.25) is 5.02 Å². The van der Waals surface area contributed by atoms with Gasteiger partial charge in [-0.25, -0.2) is 9.36 Å². The fourth-order valence-electron chi connectivity index (χ4n) is 1.78. The van der Waals surface area contributed by atoms with Crippen molar-refractivity contribution < 1.29 is 18.3 Å². The smallest absolute Gasteiger partial charge is 0.431 e. The summed E-state index contributed by atoms with van der Waals surface area (Å²) in [5.41, 5.74) is -3.79. The molecule has 0 saturated heterocycles. The Morgan fingerprint density at radius 3 is 2.33 bits per heavy atom. The quantitative estimate of drug-likeness (QED) is 0.873. The second-order valence-corrected chi connectivity index (χ2v) is 4.59. The molecule has 0 atom stereocenters. The molecule has 9 heteroatoms. The Kier molecular flexibility index (Phi) is 3.58. The van der Waals surface area contributed by atoms with E-state index in [1.165, 1.54) is 12.1 Å². The zero-order valence-electron chi connectivity index (χ0n) is 10.5. The second-order valence-electron chi connectivity index (χ2n) is 4.18. The normalized spacial score (nSPS) is 11.7. The molecule has 2 rings (SSSR count). The van der Waals surface area contributed by atoms with Crippen molar-refractivity contribution in [1.82, 2.24) is 9.13 Å². The summed E-state index contributed by atoms with van der Waals surface area (Å²) < 4.78 is 38.9. The molecule has 2 aromatic rings. The summed E-state index contributed by atoms with van der Waals surface area (Å²) >= 11 is 5.59. The van der Waals surface area contributed by atoms with Gasteiger partial charge in [0.1, 0.15) is 11.4 Å². The number of phenols is 1. The Bertz CT molecular complexity index is 824. The molecule has 0 aliphatic rings. The van der Waals surface area contributed by atoms with Crippen molar-refractivity contribution in [1.29, 1.82) is 0 Å². The van der Waals surface area contributed by atoms with Gasteiger partial charge >= 0.3 is 11.9 Å². The van der Waals surface area contributed by atoms with Gasteiger partial charge in [-0.1, -0.05) is 11.6 Å². The van der Waals surface area contributed by atoms with Crippen LogP contribution in [0.5, 0.6) is 5.75 Å². The van der Waals surface area contributed by atoms with E-state index in [2.05, 4.69) is 0 Å². The van der Waals surface area contributed by atoms with Crippen LogP contribution in [0.15, 0.2) is 33.9 Å². The maximum atomic E-state index is 12.7. The monoisotopic (exact) mass is 320 g/mol. The number of phenolic OH excluding ortho intramolecular Hbond substituents is 1. The first-order valence-corrected chi connectivity index (χ1v) is 5.90. The largest absolute Gasteiger partial charge is 0.506 e. The molecular weight excluding hydrogens is 313 g/mol. The van der Waals surface area contributed by atoms with Crippen LogP contribution in [-0.4, -0.2) is 14.2 Å². The average molecular weight is 321 g/mol. The van der Waals surface area contributed by atoms with Crippen molar-refractivity contribution in [3.05, 3.63) is 55.8 Å². The number of rotatable bonds is 1. The molecule has 0 unspecified atom stereocenters. The summed E-state index contributed by atoms with van der Waals surface area (Å²) in [6.07, 6.45) is -4.83. The van der Waals surface area contributed by atoms with Crippen molar-refractivity contribution in [2.75, 3.05) is 0 Å². The molecule has 1 N–H and O–H groups in total. The number of aromatic hydroxyl groups is 1. The van der Waals surface area contributed by atoms with Gasteiger partial charge in [-0.3, -0.25) is 9.36 Å². The number of halogens is 4. The molecule has 112 valence electrons. The first-order chi connectivity index (χ1) is 9.62. The molecule has 0 aliphatic heterocycles. The zero-order valence-corrected chi connectivity index (χ0v) is 11.2. The highest BCUT2D eigenvalue weighted by atomic mass is 35.5. The van der Waals surface area contributed by atoms with Crippen LogP contribution in [0.1, 0.15) is 5.69 Å². The van der Waals surface area contributed by atoms with E-state index in [1.807, 2.05) is 0 Å². The van der Waals surface area contributed by atoms with E-state index >= 15 is 0 Å². The number of aromatic nitrogens is 2. The highest BCUT2D eigenvalue weighted by molar-refractivity contribution is 6.32. The van der Waals surface area contributed by atoms with E-state index in [0.29, 0.717) is 15.2 Å². The standard InChI is InChI=1S/C12H8ClF3N2O3/c1-17-9(12(14,15)16)5-10(20)18(11(17)21)6-2-3-7(13)8(19)4-6/h2-5,19H,1H3. The molecule has 0 fully saturated rings. The summed E-state index contributed by atoms with van der Waals surface area (Å²) in [5.74, 6) is -0.400. The Balaban J connectivity index is 2.78. The van der Waals surface area contributed by atoms with Gasteiger partial charge in [0, 0.05) is 19.2 Å². The lowest BCUT2D eigenvalue weighted by Crippen LogP contribution is -2.40. The van der Waals surface area contributed by atoms with E-state index in [-0.39, 0.29) is 10.7 Å². The second kappa shape index (κ2) is 4.96. The predicted molar refractivity (Wildman–Crippen MR) is 69.0 cm³/mol. The fourth-order valence-corrected chi connectivity index (χ4v) is 1.89. The predicted octanol–water partition coefficient (Wildman–Crippen LogP) is 1.91. The maximum absolute atomic E-state index is 12.7. The molecule has 5 nitrogen and oxygen atoms in total. The number of alkyl halides is 3. The number of nitrogens with zero attached hydrogens (tertiary/aromatic N) is 2. The minimum Gasteiger partial charge on any atom is -0.506 e. The molecule has 1 aromatic carbocycles. The summed E-state index contributed by atoms with van der Waals surface area (Å²) in [4.78, 5) is 23.8. The van der Waals surface area contributed by atoms with E-state index in [4.69, 9.17) is 11.6 Å². The van der Waals surface area contributed by atoms with E-state index in [9.17, 15) is 27.9 Å². The van der Waals surface area contributed by atoms with E-state index < -0.39 is 28.9 Å². The zero-order chi connectivity index (χ0) is 15.9. The molecule has 1 heterocycles. The van der Waals surface area contributed by atoms with Crippen molar-refractivity contribution >= 4 is 11.6 Å². The average Bonchev–Trinajstić information content (AvgIpc) is 2.37. The lowest BCUT2D eigenvalue weighted by molar-refractivity contribution is -0.144. The molecule has 0 aliphatic carbocycles. The van der Waals surface area contributed by atoms with Crippen LogP contribution in [0, 0.1) is 0 Å². The number of hydrogen-bond acceptors (Lipinski definition) is 3. The van der Waals surface area contributed by atoms with Gasteiger partial charge in [0.05, 0.1) is 10.7 Å². The molecule has 21 heavy (non-hydrogen) atoms. The molecule has 0 bridgehead atoms. The molecule has 0 saturated carbocycles. The van der Waals surface area contributed by atoms with Crippen molar-refractivity contribution in [3.8, 4) is 11.4 Å². The van der Waals surface area contributed by atoms with Crippen LogP contribution < -0.4 is 11.2 Å². The SMILES string of the molecule is Cn1c(C(F)(F)F)cc(=O)n(-c2ccc(Cl)c(O)c2)c1=O. The summed E-state index contributed by atoms with van der Waals surface area (Å²) in [6, 6.07) is 3.78. The minimum atomic E-state index is -4.83. The summed E-state index contributed by atoms with van der Waals surface area (Å²) in [6.45, 7) is 0. The molecule has 1 aromatic heterocycles. The van der Waals surface area contributed by atoms with Gasteiger partial charge in [0.2, 0.25) is 0 Å². The third kappa shape index (κ3) is 2.66. The van der Waals surface area contributed by atoms with Crippen molar-refractivity contribution in [2.24, 2.45) is 7.05 Å². The van der Waals surface area contributed by atoms with Crippen LogP contribution in [0.25, 0.3) is 5.69 Å². The minimum absolute atomic E-state index is 0.0180. The third-order valence-electron chi connectivity index (χ3n) is 2.80. The Hall–Kier alpha value is -2.22. The van der Waals surface area contributed by atoms with E-state index in [1.54, 1.807) is 0 Å². The fraction of sp³-hybridized carbons (Fsp3) is 0.167. The van der Waals surface area contributed by atoms with Gasteiger partial charge in [0.25, 0.3) is 5.56 Å². The molecular formula is C12H8ClF3N2O3. The van der Waals surface area contributed by atoms with Crippen molar-refractivity contribution in [2.45, 2.75) is 6.18 Å². The first kappa shape index (κ1) is 15.2. The topological polar surface area (TPSA) is 64.2 Å². The Labute approximate surface area is 120 Å². The number of benzene rings is 1. The third-order valence-corrected chi connectivity index (χ3v) is 3.12. The Morgan fingerprint density at radius 2 is 1.81 bits per heavy atom. The lowest BCUT2D eigenvalue weighted by Gasteiger charge is -2.14. The van der Waals surface area contributed by atoms with E-state index in [0.717, 1.165) is 13.1 Å². The van der Waals surface area contributed by atoms with Crippen LogP contribution in [-0.2, 0) is 13.2 Å². The van der Waals surface area contributed by atoms with Gasteiger partial charge in [-0.15, -0.1) is 0 Å². The van der Waals surface area contributed by atoms with Gasteiger partial charge < -0.3 is 5.11 Å².